The van der Waals surface area contributed by atoms with E-state index in [1.807, 2.05) is 11.9 Å². The van der Waals surface area contributed by atoms with Crippen molar-refractivity contribution in [1.82, 2.24) is 39.7 Å². The summed E-state index contributed by atoms with van der Waals surface area (Å²) in [5.74, 6) is 1.90. The topological polar surface area (TPSA) is 139 Å². The number of aryl methyl sites for hydroxylation is 1. The first-order chi connectivity index (χ1) is 24.8. The van der Waals surface area contributed by atoms with E-state index >= 15 is 0 Å². The number of carbonyl (C=O) groups excluding carboxylic acids is 3. The number of methoxy groups -OCH3 is 2. The van der Waals surface area contributed by atoms with E-state index in [9.17, 15) is 14.4 Å². The van der Waals surface area contributed by atoms with Gasteiger partial charge in [-0.15, -0.1) is 5.10 Å². The Labute approximate surface area is 296 Å². The molecule has 0 unspecified atom stereocenters. The van der Waals surface area contributed by atoms with E-state index < -0.39 is 0 Å². The summed E-state index contributed by atoms with van der Waals surface area (Å²) in [5, 5.41) is 8.38. The fourth-order valence-electron chi connectivity index (χ4n) is 8.79. The van der Waals surface area contributed by atoms with Crippen molar-refractivity contribution in [2.75, 3.05) is 64.9 Å². The Morgan fingerprint density at radius 3 is 2.27 bits per heavy atom. The molecule has 51 heavy (non-hydrogen) atoms. The number of rotatable bonds is 8. The largest absolute Gasteiger partial charge is 0.493 e. The standard InChI is InChI=1S/C37H43N9O5/c1-42-32-31(40-41-42)33(39-23-38-32)43-17-19-44(20-18-43)34(47)24-9-12-37(13-10-24)28-22-30(51-3)29(50-2)21-25(28)11-16-45(37)14-6-15-46-35(48)26-7-4-5-8-27(26)36(46)49/h4-5,7-8,21-24H,6,9-20H2,1-3H3/t24-,37-. The molecule has 3 aliphatic heterocycles. The van der Waals surface area contributed by atoms with E-state index in [1.165, 1.54) is 16.0 Å². The summed E-state index contributed by atoms with van der Waals surface area (Å²) in [6.45, 7) is 4.51. The van der Waals surface area contributed by atoms with Gasteiger partial charge >= 0.3 is 0 Å². The van der Waals surface area contributed by atoms with E-state index in [0.717, 1.165) is 56.8 Å². The maximum Gasteiger partial charge on any atom is 0.261 e. The second-order valence-electron chi connectivity index (χ2n) is 14.0. The van der Waals surface area contributed by atoms with Crippen LogP contribution in [0.1, 0.15) is 63.9 Å². The van der Waals surface area contributed by atoms with E-state index in [0.29, 0.717) is 67.2 Å². The minimum Gasteiger partial charge on any atom is -0.493 e. The van der Waals surface area contributed by atoms with Crippen molar-refractivity contribution < 1.29 is 23.9 Å². The second kappa shape index (κ2) is 13.2. The molecule has 2 fully saturated rings. The predicted molar refractivity (Wildman–Crippen MR) is 188 cm³/mol. The summed E-state index contributed by atoms with van der Waals surface area (Å²) in [6, 6.07) is 11.3. The fraction of sp³-hybridized carbons (Fsp3) is 0.486. The number of aromatic nitrogens is 5. The lowest BCUT2D eigenvalue weighted by Crippen LogP contribution is -2.55. The Bertz CT molecular complexity index is 1960. The molecule has 14 nitrogen and oxygen atoms in total. The number of ether oxygens (including phenoxy) is 2. The first kappa shape index (κ1) is 33.1. The molecule has 1 saturated heterocycles. The zero-order valence-electron chi connectivity index (χ0n) is 29.4. The molecular formula is C37H43N9O5. The van der Waals surface area contributed by atoms with Crippen molar-refractivity contribution in [3.63, 3.8) is 0 Å². The van der Waals surface area contributed by atoms with Crippen LogP contribution in [-0.2, 0) is 23.8 Å². The van der Waals surface area contributed by atoms with Crippen molar-refractivity contribution in [1.29, 1.82) is 0 Å². The minimum absolute atomic E-state index is 0.0568. The molecule has 2 aromatic carbocycles. The molecule has 1 spiro atoms. The molecule has 4 aliphatic rings. The van der Waals surface area contributed by atoms with E-state index in [-0.39, 0.29) is 29.2 Å². The van der Waals surface area contributed by atoms with Gasteiger partial charge in [-0.2, -0.15) is 0 Å². The van der Waals surface area contributed by atoms with Crippen molar-refractivity contribution in [2.24, 2.45) is 13.0 Å². The van der Waals surface area contributed by atoms with Gasteiger partial charge in [0.25, 0.3) is 11.8 Å². The number of hydrogen-bond acceptors (Lipinski definition) is 11. The molecule has 266 valence electrons. The summed E-state index contributed by atoms with van der Waals surface area (Å²) in [4.78, 5) is 57.1. The summed E-state index contributed by atoms with van der Waals surface area (Å²) in [5.41, 5.74) is 4.50. The van der Waals surface area contributed by atoms with Gasteiger partial charge in [0.05, 0.1) is 25.3 Å². The van der Waals surface area contributed by atoms with Crippen LogP contribution in [0.4, 0.5) is 5.82 Å². The molecule has 8 rings (SSSR count). The molecule has 4 aromatic rings. The molecule has 1 aliphatic carbocycles. The van der Waals surface area contributed by atoms with Crippen LogP contribution in [0.2, 0.25) is 0 Å². The van der Waals surface area contributed by atoms with Gasteiger partial charge in [-0.1, -0.05) is 17.3 Å². The van der Waals surface area contributed by atoms with Gasteiger partial charge in [0.15, 0.2) is 28.5 Å². The van der Waals surface area contributed by atoms with Crippen LogP contribution in [0.15, 0.2) is 42.7 Å². The molecule has 1 saturated carbocycles. The number of imide groups is 1. The highest BCUT2D eigenvalue weighted by Gasteiger charge is 2.47. The summed E-state index contributed by atoms with van der Waals surface area (Å²) in [6.07, 6.45) is 6.25. The second-order valence-corrected chi connectivity index (χ2v) is 14.0. The number of hydrogen-bond donors (Lipinski definition) is 0. The molecule has 5 heterocycles. The third-order valence-electron chi connectivity index (χ3n) is 11.5. The highest BCUT2D eigenvalue weighted by Crippen LogP contribution is 2.50. The minimum atomic E-state index is -0.292. The number of amides is 3. The van der Waals surface area contributed by atoms with Gasteiger partial charge in [0.2, 0.25) is 5.91 Å². The fourth-order valence-corrected chi connectivity index (χ4v) is 8.79. The van der Waals surface area contributed by atoms with Gasteiger partial charge in [-0.3, -0.25) is 24.2 Å². The summed E-state index contributed by atoms with van der Waals surface area (Å²) in [7, 11) is 5.14. The first-order valence-corrected chi connectivity index (χ1v) is 17.8. The smallest absolute Gasteiger partial charge is 0.261 e. The van der Waals surface area contributed by atoms with Crippen LogP contribution in [0, 0.1) is 5.92 Å². The lowest BCUT2D eigenvalue weighted by atomic mass is 9.68. The Kier molecular flexibility index (Phi) is 8.57. The van der Waals surface area contributed by atoms with Crippen LogP contribution in [-0.4, -0.2) is 117 Å². The van der Waals surface area contributed by atoms with Gasteiger partial charge in [0.1, 0.15) is 6.33 Å². The lowest BCUT2D eigenvalue weighted by molar-refractivity contribution is -0.138. The Morgan fingerprint density at radius 1 is 0.902 bits per heavy atom. The molecule has 0 radical (unpaired) electrons. The van der Waals surface area contributed by atoms with Gasteiger partial charge in [0, 0.05) is 64.3 Å². The van der Waals surface area contributed by atoms with E-state index in [4.69, 9.17) is 9.47 Å². The SMILES string of the molecule is COc1cc2c(cc1OC)[C@]1(CC[C@@H](C(=O)N3CCN(c4ncnc5c4nnn5C)CC3)CC1)N(CCCN1C(=O)c3ccccc3C1=O)CC2. The third kappa shape index (κ3) is 5.56. The maximum atomic E-state index is 14.0. The quantitative estimate of drug-likeness (QED) is 0.252. The number of carbonyl (C=O) groups is 3. The van der Waals surface area contributed by atoms with Crippen LogP contribution in [0.25, 0.3) is 11.2 Å². The highest BCUT2D eigenvalue weighted by molar-refractivity contribution is 6.21. The van der Waals surface area contributed by atoms with Crippen LogP contribution < -0.4 is 14.4 Å². The van der Waals surface area contributed by atoms with E-state index in [2.05, 4.69) is 42.2 Å². The predicted octanol–water partition coefficient (Wildman–Crippen LogP) is 3.05. The third-order valence-corrected chi connectivity index (χ3v) is 11.5. The Balaban J connectivity index is 0.966. The van der Waals surface area contributed by atoms with E-state index in [1.54, 1.807) is 49.5 Å². The van der Waals surface area contributed by atoms with Crippen molar-refractivity contribution in [3.8, 4) is 11.5 Å². The Morgan fingerprint density at radius 2 is 1.59 bits per heavy atom. The number of benzene rings is 2. The highest BCUT2D eigenvalue weighted by atomic mass is 16.5. The first-order valence-electron chi connectivity index (χ1n) is 17.8. The monoisotopic (exact) mass is 693 g/mol. The van der Waals surface area contributed by atoms with Crippen molar-refractivity contribution >= 4 is 34.7 Å². The molecular weight excluding hydrogens is 650 g/mol. The maximum absolute atomic E-state index is 14.0. The average molecular weight is 694 g/mol. The molecule has 0 bridgehead atoms. The molecule has 3 amide bonds. The van der Waals surface area contributed by atoms with Crippen LogP contribution in [0.3, 0.4) is 0 Å². The van der Waals surface area contributed by atoms with Gasteiger partial charge in [-0.05, 0) is 73.9 Å². The average Bonchev–Trinajstić information content (AvgIpc) is 3.67. The molecule has 0 N–H and O–H groups in total. The zero-order valence-corrected chi connectivity index (χ0v) is 29.4. The van der Waals surface area contributed by atoms with Crippen LogP contribution >= 0.6 is 0 Å². The van der Waals surface area contributed by atoms with Crippen molar-refractivity contribution in [3.05, 3.63) is 65.0 Å². The summed E-state index contributed by atoms with van der Waals surface area (Å²) >= 11 is 0. The summed E-state index contributed by atoms with van der Waals surface area (Å²) < 4.78 is 13.1. The number of fused-ring (bicyclic) bond motifs is 4. The van der Waals surface area contributed by atoms with Crippen LogP contribution in [0.5, 0.6) is 11.5 Å². The van der Waals surface area contributed by atoms with Crippen molar-refractivity contribution in [2.45, 2.75) is 44.1 Å². The number of anilines is 1. The Hall–Kier alpha value is -5.11. The number of piperazine rings is 1. The lowest BCUT2D eigenvalue weighted by Gasteiger charge is -2.52. The molecule has 2 aromatic heterocycles. The molecule has 0 atom stereocenters. The van der Waals surface area contributed by atoms with Gasteiger partial charge < -0.3 is 19.3 Å². The molecule has 14 heteroatoms. The number of nitrogens with zero attached hydrogens (tertiary/aromatic N) is 9. The normalized spacial score (nSPS) is 22.1. The zero-order chi connectivity index (χ0) is 35.3. The van der Waals surface area contributed by atoms with Gasteiger partial charge in [-0.25, -0.2) is 14.6 Å².